The van der Waals surface area contributed by atoms with E-state index in [9.17, 15) is 9.59 Å². The second-order valence-corrected chi connectivity index (χ2v) is 2.26. The molecule has 0 bridgehead atoms. The molecule has 0 unspecified atom stereocenters. The molecule has 7 nitrogen and oxygen atoms in total. The number of rotatable bonds is 1. The normalized spacial score (nSPS) is 9.38. The van der Waals surface area contributed by atoms with Gasteiger partial charge in [0.2, 0.25) is 11.8 Å². The first kappa shape index (κ1) is 9.17. The van der Waals surface area contributed by atoms with Crippen molar-refractivity contribution >= 4 is 18.0 Å². The Morgan fingerprint density at radius 2 is 2.08 bits per heavy atom. The fourth-order valence-electron chi connectivity index (χ4n) is 0.635. The topological polar surface area (TPSA) is 97.1 Å². The second-order valence-electron chi connectivity index (χ2n) is 2.26. The molecule has 0 fully saturated rings. The molecule has 1 aromatic heterocycles. The molecule has 0 aromatic carbocycles. The van der Waals surface area contributed by atoms with Gasteiger partial charge in [-0.3, -0.25) is 15.4 Å². The summed E-state index contributed by atoms with van der Waals surface area (Å²) in [6.07, 6.45) is 0. The highest BCUT2D eigenvalue weighted by molar-refractivity contribution is 5.99. The van der Waals surface area contributed by atoms with Gasteiger partial charge in [-0.15, -0.1) is 5.10 Å². The first-order valence-corrected chi connectivity index (χ1v) is 3.46. The van der Waals surface area contributed by atoms with Gasteiger partial charge < -0.3 is 4.42 Å². The van der Waals surface area contributed by atoms with E-state index in [4.69, 9.17) is 4.42 Å². The van der Waals surface area contributed by atoms with Gasteiger partial charge in [0, 0.05) is 13.8 Å². The molecule has 0 spiro atoms. The van der Waals surface area contributed by atoms with E-state index in [1.807, 2.05) is 5.32 Å². The fraction of sp³-hybridized carbons (Fsp3) is 0.333. The summed E-state index contributed by atoms with van der Waals surface area (Å²) in [4.78, 5) is 21.3. The van der Waals surface area contributed by atoms with Crippen LogP contribution in [0.4, 0.5) is 10.8 Å². The second kappa shape index (κ2) is 3.65. The maximum absolute atomic E-state index is 10.9. The van der Waals surface area contributed by atoms with Crippen molar-refractivity contribution < 1.29 is 14.0 Å². The molecule has 0 saturated carbocycles. The van der Waals surface area contributed by atoms with E-state index in [1.54, 1.807) is 6.92 Å². The average Bonchev–Trinajstić information content (AvgIpc) is 2.33. The number of carbonyl (C=O) groups excluding carboxylic acids is 2. The maximum atomic E-state index is 10.9. The summed E-state index contributed by atoms with van der Waals surface area (Å²) in [5.74, 6) is -0.133. The van der Waals surface area contributed by atoms with E-state index in [-0.39, 0.29) is 6.01 Å². The Bertz CT molecular complexity index is 332. The lowest BCUT2D eigenvalue weighted by molar-refractivity contribution is -0.117. The van der Waals surface area contributed by atoms with Crippen LogP contribution in [0.15, 0.2) is 4.42 Å². The van der Waals surface area contributed by atoms with Crippen LogP contribution in [0.25, 0.3) is 0 Å². The van der Waals surface area contributed by atoms with E-state index in [0.29, 0.717) is 5.89 Å². The number of nitrogens with zero attached hydrogens (tertiary/aromatic N) is 2. The third kappa shape index (κ3) is 2.89. The lowest BCUT2D eigenvalue weighted by Crippen LogP contribution is -2.32. The van der Waals surface area contributed by atoms with Gasteiger partial charge in [0.05, 0.1) is 0 Å². The molecule has 0 aliphatic rings. The number of aromatic nitrogens is 2. The first-order valence-electron chi connectivity index (χ1n) is 3.46. The molecule has 0 atom stereocenters. The predicted molar refractivity (Wildman–Crippen MR) is 41.9 cm³/mol. The summed E-state index contributed by atoms with van der Waals surface area (Å²) in [6.45, 7) is 2.81. The fourth-order valence-corrected chi connectivity index (χ4v) is 0.635. The Morgan fingerprint density at radius 3 is 2.54 bits per heavy atom. The Morgan fingerprint density at radius 1 is 1.38 bits per heavy atom. The molecular formula is C6H8N4O3. The summed E-state index contributed by atoms with van der Waals surface area (Å²) >= 11 is 0. The van der Waals surface area contributed by atoms with Gasteiger partial charge in [-0.25, -0.2) is 4.79 Å². The smallest absolute Gasteiger partial charge is 0.329 e. The molecule has 0 aliphatic heterocycles. The van der Waals surface area contributed by atoms with Crippen molar-refractivity contribution in [3.63, 3.8) is 0 Å². The van der Waals surface area contributed by atoms with E-state index in [2.05, 4.69) is 15.5 Å². The van der Waals surface area contributed by atoms with E-state index >= 15 is 0 Å². The van der Waals surface area contributed by atoms with E-state index in [1.165, 1.54) is 6.92 Å². The molecule has 0 radical (unpaired) electrons. The third-order valence-corrected chi connectivity index (χ3v) is 1.04. The van der Waals surface area contributed by atoms with Gasteiger partial charge in [-0.1, -0.05) is 5.10 Å². The van der Waals surface area contributed by atoms with Crippen molar-refractivity contribution in [3.8, 4) is 0 Å². The first-order chi connectivity index (χ1) is 6.08. The maximum Gasteiger partial charge on any atom is 0.329 e. The van der Waals surface area contributed by atoms with Crippen LogP contribution in [0.2, 0.25) is 0 Å². The average molecular weight is 184 g/mol. The van der Waals surface area contributed by atoms with Crippen molar-refractivity contribution in [1.82, 2.24) is 15.5 Å². The summed E-state index contributed by atoms with van der Waals surface area (Å²) in [7, 11) is 0. The molecule has 7 heteroatoms. The molecule has 0 aliphatic carbocycles. The number of aryl methyl sites for hydroxylation is 1. The van der Waals surface area contributed by atoms with Gasteiger partial charge in [0.1, 0.15) is 0 Å². The minimum atomic E-state index is -0.698. The number of carbonyl (C=O) groups is 2. The van der Waals surface area contributed by atoms with Gasteiger partial charge in [0.15, 0.2) is 0 Å². The molecule has 70 valence electrons. The number of nitrogens with one attached hydrogen (secondary N) is 2. The summed E-state index contributed by atoms with van der Waals surface area (Å²) in [5, 5.41) is 11.1. The minimum Gasteiger partial charge on any atom is -0.408 e. The molecule has 3 amide bonds. The van der Waals surface area contributed by atoms with Crippen LogP contribution in [0.1, 0.15) is 12.8 Å². The Hall–Kier alpha value is -1.92. The molecule has 1 rings (SSSR count). The van der Waals surface area contributed by atoms with Crippen LogP contribution >= 0.6 is 0 Å². The number of urea groups is 1. The molecule has 1 heterocycles. The predicted octanol–water partition coefficient (Wildman–Crippen LogP) is 0.0460. The molecule has 0 saturated heterocycles. The van der Waals surface area contributed by atoms with Gasteiger partial charge in [-0.05, 0) is 0 Å². The number of hydrogen-bond donors (Lipinski definition) is 2. The highest BCUT2D eigenvalue weighted by Crippen LogP contribution is 2.02. The van der Waals surface area contributed by atoms with Crippen LogP contribution in [-0.4, -0.2) is 22.1 Å². The number of amides is 3. The molecular weight excluding hydrogens is 176 g/mol. The van der Waals surface area contributed by atoms with Crippen molar-refractivity contribution in [3.05, 3.63) is 5.89 Å². The largest absolute Gasteiger partial charge is 0.408 e. The third-order valence-electron chi connectivity index (χ3n) is 1.04. The SMILES string of the molecule is CC(=O)NC(=O)Nc1nnc(C)o1. The molecule has 13 heavy (non-hydrogen) atoms. The van der Waals surface area contributed by atoms with Crippen LogP contribution in [-0.2, 0) is 4.79 Å². The zero-order chi connectivity index (χ0) is 9.84. The standard InChI is InChI=1S/C6H8N4O3/c1-3(11)7-5(12)8-6-10-9-4(2)13-6/h1-2H3,(H2,7,8,10,11,12). The molecule has 2 N–H and O–H groups in total. The number of anilines is 1. The van der Waals surface area contributed by atoms with Crippen molar-refractivity contribution in [1.29, 1.82) is 0 Å². The van der Waals surface area contributed by atoms with E-state index < -0.39 is 11.9 Å². The van der Waals surface area contributed by atoms with Crippen LogP contribution in [0.3, 0.4) is 0 Å². The zero-order valence-electron chi connectivity index (χ0n) is 7.12. The van der Waals surface area contributed by atoms with Crippen LogP contribution in [0.5, 0.6) is 0 Å². The summed E-state index contributed by atoms with van der Waals surface area (Å²) in [6, 6.07) is -0.743. The van der Waals surface area contributed by atoms with Gasteiger partial charge >= 0.3 is 12.0 Å². The van der Waals surface area contributed by atoms with Crippen molar-refractivity contribution in [2.75, 3.05) is 5.32 Å². The number of imide groups is 1. The van der Waals surface area contributed by atoms with Crippen molar-refractivity contribution in [2.24, 2.45) is 0 Å². The van der Waals surface area contributed by atoms with Crippen LogP contribution < -0.4 is 10.6 Å². The quantitative estimate of drug-likeness (QED) is 0.642. The zero-order valence-corrected chi connectivity index (χ0v) is 7.12. The lowest BCUT2D eigenvalue weighted by atomic mass is 10.7. The highest BCUT2D eigenvalue weighted by atomic mass is 16.4. The summed E-state index contributed by atoms with van der Waals surface area (Å²) in [5.41, 5.74) is 0. The van der Waals surface area contributed by atoms with Gasteiger partial charge in [-0.2, -0.15) is 0 Å². The van der Waals surface area contributed by atoms with E-state index in [0.717, 1.165) is 0 Å². The minimum absolute atomic E-state index is 0.0451. The Labute approximate surface area is 73.5 Å². The monoisotopic (exact) mass is 184 g/mol. The number of hydrogen-bond acceptors (Lipinski definition) is 5. The molecule has 1 aromatic rings. The van der Waals surface area contributed by atoms with Crippen molar-refractivity contribution in [2.45, 2.75) is 13.8 Å². The summed E-state index contributed by atoms with van der Waals surface area (Å²) < 4.78 is 4.83. The van der Waals surface area contributed by atoms with Crippen LogP contribution in [0, 0.1) is 6.92 Å². The lowest BCUT2D eigenvalue weighted by Gasteiger charge is -1.98. The Kier molecular flexibility index (Phi) is 2.58. The Balaban J connectivity index is 2.50. The van der Waals surface area contributed by atoms with Gasteiger partial charge in [0.25, 0.3) is 0 Å². The highest BCUT2D eigenvalue weighted by Gasteiger charge is 2.07.